The molecule has 1 saturated heterocycles. The molecule has 1 aliphatic heterocycles. The second-order valence-corrected chi connectivity index (χ2v) is 7.27. The Morgan fingerprint density at radius 2 is 1.88 bits per heavy atom. The van der Waals surface area contributed by atoms with Gasteiger partial charge in [-0.25, -0.2) is 4.98 Å². The molecular weight excluding hydrogens is 377 g/mol. The van der Waals surface area contributed by atoms with E-state index in [2.05, 4.69) is 10.3 Å². The fourth-order valence-electron chi connectivity index (χ4n) is 3.14. The number of hydrogen-bond acceptors (Lipinski definition) is 4. The molecule has 7 heteroatoms. The minimum atomic E-state index is 0. The molecular formula is C18H25Cl2N3OS. The number of carbonyl (C=O) groups is 1. The van der Waals surface area contributed by atoms with Gasteiger partial charge in [-0.15, -0.1) is 36.2 Å². The van der Waals surface area contributed by atoms with Gasteiger partial charge in [0, 0.05) is 18.7 Å². The van der Waals surface area contributed by atoms with Crippen molar-refractivity contribution < 1.29 is 4.79 Å². The number of nitrogens with zero attached hydrogens (tertiary/aromatic N) is 2. The molecule has 0 saturated carbocycles. The van der Waals surface area contributed by atoms with Crippen LogP contribution >= 0.6 is 36.2 Å². The van der Waals surface area contributed by atoms with Crippen molar-refractivity contribution in [1.29, 1.82) is 0 Å². The lowest BCUT2D eigenvalue weighted by atomic mass is 9.96. The second-order valence-electron chi connectivity index (χ2n) is 6.07. The van der Waals surface area contributed by atoms with Crippen LogP contribution in [-0.2, 0) is 0 Å². The van der Waals surface area contributed by atoms with E-state index in [0.717, 1.165) is 53.6 Å². The first-order valence-electron chi connectivity index (χ1n) is 8.15. The van der Waals surface area contributed by atoms with Crippen molar-refractivity contribution in [3.05, 3.63) is 40.2 Å². The van der Waals surface area contributed by atoms with Gasteiger partial charge in [0.05, 0.1) is 10.7 Å². The molecule has 1 N–H and O–H groups in total. The van der Waals surface area contributed by atoms with E-state index in [1.165, 1.54) is 11.3 Å². The van der Waals surface area contributed by atoms with Gasteiger partial charge in [0.1, 0.15) is 4.88 Å². The van der Waals surface area contributed by atoms with Gasteiger partial charge in [-0.05, 0) is 39.3 Å². The first-order chi connectivity index (χ1) is 11.2. The molecule has 1 fully saturated rings. The van der Waals surface area contributed by atoms with Crippen LogP contribution in [0.15, 0.2) is 30.3 Å². The Bertz CT molecular complexity index is 670. The zero-order chi connectivity index (χ0) is 16.2. The van der Waals surface area contributed by atoms with E-state index in [1.54, 1.807) is 0 Å². The summed E-state index contributed by atoms with van der Waals surface area (Å²) in [6.07, 6.45) is 2.15. The number of aromatic nitrogens is 1. The summed E-state index contributed by atoms with van der Waals surface area (Å²) in [5, 5.41) is 4.18. The lowest BCUT2D eigenvalue weighted by Crippen LogP contribution is -2.40. The lowest BCUT2D eigenvalue weighted by Gasteiger charge is -2.31. The average molecular weight is 402 g/mol. The third-order valence-corrected chi connectivity index (χ3v) is 5.33. The topological polar surface area (TPSA) is 45.2 Å². The maximum absolute atomic E-state index is 13.0. The molecule has 3 rings (SSSR count). The Hall–Kier alpha value is -1.14. The summed E-state index contributed by atoms with van der Waals surface area (Å²) in [6, 6.07) is 9.99. The maximum Gasteiger partial charge on any atom is 0.266 e. The molecule has 1 aromatic heterocycles. The zero-order valence-electron chi connectivity index (χ0n) is 14.5. The normalized spacial score (nSPS) is 14.6. The summed E-state index contributed by atoms with van der Waals surface area (Å²) in [6.45, 7) is 4.69. The number of likely N-dealkylation sites (tertiary alicyclic amines) is 1. The van der Waals surface area contributed by atoms with E-state index < -0.39 is 0 Å². The van der Waals surface area contributed by atoms with E-state index in [1.807, 2.05) is 49.2 Å². The van der Waals surface area contributed by atoms with Crippen molar-refractivity contribution in [3.8, 4) is 11.3 Å². The molecule has 0 atom stereocenters. The Labute approximate surface area is 165 Å². The number of rotatable bonds is 4. The Kier molecular flexibility index (Phi) is 8.86. The van der Waals surface area contributed by atoms with Crippen molar-refractivity contribution in [1.82, 2.24) is 15.2 Å². The molecule has 0 aliphatic carbocycles. The highest BCUT2D eigenvalue weighted by Gasteiger charge is 2.27. The Morgan fingerprint density at radius 3 is 2.48 bits per heavy atom. The number of thiazole rings is 1. The predicted octanol–water partition coefficient (Wildman–Crippen LogP) is 4.03. The smallest absolute Gasteiger partial charge is 0.266 e. The minimum absolute atomic E-state index is 0. The van der Waals surface area contributed by atoms with Crippen LogP contribution in [0.4, 0.5) is 0 Å². The third-order valence-electron chi connectivity index (χ3n) is 4.37. The van der Waals surface area contributed by atoms with Crippen LogP contribution in [0.5, 0.6) is 0 Å². The second kappa shape index (κ2) is 10.1. The lowest BCUT2D eigenvalue weighted by molar-refractivity contribution is 0.0696. The van der Waals surface area contributed by atoms with Gasteiger partial charge < -0.3 is 10.2 Å². The van der Waals surface area contributed by atoms with Crippen LogP contribution in [-0.4, -0.2) is 42.5 Å². The largest absolute Gasteiger partial charge is 0.338 e. The van der Waals surface area contributed by atoms with Crippen molar-refractivity contribution in [3.63, 3.8) is 0 Å². The van der Waals surface area contributed by atoms with Crippen molar-refractivity contribution in [2.24, 2.45) is 5.92 Å². The van der Waals surface area contributed by atoms with Crippen LogP contribution in [0.25, 0.3) is 11.3 Å². The number of aryl methyl sites for hydroxylation is 1. The molecule has 0 unspecified atom stereocenters. The monoisotopic (exact) mass is 401 g/mol. The number of carbonyl (C=O) groups excluding carboxylic acids is 1. The van der Waals surface area contributed by atoms with Gasteiger partial charge in [-0.1, -0.05) is 30.3 Å². The van der Waals surface area contributed by atoms with Gasteiger partial charge in [0.2, 0.25) is 0 Å². The molecule has 2 heterocycles. The van der Waals surface area contributed by atoms with Crippen LogP contribution in [0.1, 0.15) is 27.5 Å². The van der Waals surface area contributed by atoms with Crippen LogP contribution in [0.2, 0.25) is 0 Å². The van der Waals surface area contributed by atoms with E-state index in [-0.39, 0.29) is 30.7 Å². The molecule has 138 valence electrons. The fourth-order valence-corrected chi connectivity index (χ4v) is 4.05. The fraction of sp³-hybridized carbons (Fsp3) is 0.444. The molecule has 4 nitrogen and oxygen atoms in total. The summed E-state index contributed by atoms with van der Waals surface area (Å²) in [4.78, 5) is 20.3. The number of halogens is 2. The van der Waals surface area contributed by atoms with Crippen LogP contribution in [0.3, 0.4) is 0 Å². The first kappa shape index (κ1) is 21.9. The van der Waals surface area contributed by atoms with Gasteiger partial charge in [-0.3, -0.25) is 4.79 Å². The van der Waals surface area contributed by atoms with Crippen molar-refractivity contribution >= 4 is 42.1 Å². The standard InChI is InChI=1S/C18H23N3OS.2ClH/c1-13-20-16(15-6-4-3-5-7-15)17(23-13)18(22)21-10-8-14(9-11-21)12-19-2;;/h3-7,14,19H,8-12H2,1-2H3;2*1H. The summed E-state index contributed by atoms with van der Waals surface area (Å²) >= 11 is 1.51. The molecule has 1 aliphatic rings. The van der Waals surface area contributed by atoms with Gasteiger partial charge in [0.15, 0.2) is 0 Å². The molecule has 0 spiro atoms. The first-order valence-corrected chi connectivity index (χ1v) is 8.97. The highest BCUT2D eigenvalue weighted by atomic mass is 35.5. The van der Waals surface area contributed by atoms with Gasteiger partial charge in [0.25, 0.3) is 5.91 Å². The molecule has 0 radical (unpaired) electrons. The number of nitrogens with one attached hydrogen (secondary N) is 1. The highest BCUT2D eigenvalue weighted by molar-refractivity contribution is 7.14. The van der Waals surface area contributed by atoms with Crippen LogP contribution < -0.4 is 5.32 Å². The highest BCUT2D eigenvalue weighted by Crippen LogP contribution is 2.30. The Morgan fingerprint density at radius 1 is 1.24 bits per heavy atom. The quantitative estimate of drug-likeness (QED) is 0.840. The SMILES string of the molecule is CNCC1CCN(C(=O)c2sc(C)nc2-c2ccccc2)CC1.Cl.Cl. The average Bonchev–Trinajstić information content (AvgIpc) is 2.98. The van der Waals surface area contributed by atoms with Crippen molar-refractivity contribution in [2.75, 3.05) is 26.7 Å². The molecule has 1 amide bonds. The Balaban J connectivity index is 0.00000156. The summed E-state index contributed by atoms with van der Waals surface area (Å²) in [7, 11) is 1.99. The predicted molar refractivity (Wildman–Crippen MR) is 109 cm³/mol. The number of amides is 1. The third kappa shape index (κ3) is 5.17. The van der Waals surface area contributed by atoms with Crippen molar-refractivity contribution in [2.45, 2.75) is 19.8 Å². The molecule has 1 aromatic carbocycles. The molecule has 0 bridgehead atoms. The number of benzene rings is 1. The summed E-state index contributed by atoms with van der Waals surface area (Å²) in [5.41, 5.74) is 1.85. The van der Waals surface area contributed by atoms with E-state index in [4.69, 9.17) is 0 Å². The van der Waals surface area contributed by atoms with E-state index in [9.17, 15) is 4.79 Å². The van der Waals surface area contributed by atoms with Gasteiger partial charge in [-0.2, -0.15) is 0 Å². The van der Waals surface area contributed by atoms with Crippen LogP contribution in [0, 0.1) is 12.8 Å². The van der Waals surface area contributed by atoms with Gasteiger partial charge >= 0.3 is 0 Å². The minimum Gasteiger partial charge on any atom is -0.338 e. The summed E-state index contributed by atoms with van der Waals surface area (Å²) < 4.78 is 0. The number of hydrogen-bond donors (Lipinski definition) is 1. The van der Waals surface area contributed by atoms with E-state index >= 15 is 0 Å². The summed E-state index contributed by atoms with van der Waals surface area (Å²) in [5.74, 6) is 0.818. The maximum atomic E-state index is 13.0. The molecule has 2 aromatic rings. The number of piperidine rings is 1. The molecule has 25 heavy (non-hydrogen) atoms. The zero-order valence-corrected chi connectivity index (χ0v) is 17.0. The van der Waals surface area contributed by atoms with E-state index in [0.29, 0.717) is 5.92 Å².